The molecule has 2 rings (SSSR count). The third-order valence-electron chi connectivity index (χ3n) is 3.98. The van der Waals surface area contributed by atoms with Crippen LogP contribution in [0, 0.1) is 12.3 Å². The van der Waals surface area contributed by atoms with E-state index >= 15 is 0 Å². The zero-order valence-electron chi connectivity index (χ0n) is 13.6. The molecule has 5 nitrogen and oxygen atoms in total. The lowest BCUT2D eigenvalue weighted by Crippen LogP contribution is -2.54. The summed E-state index contributed by atoms with van der Waals surface area (Å²) in [6.45, 7) is 5.58. The number of nitrogens with one attached hydrogen (secondary N) is 2. The Balaban J connectivity index is 1.88. The van der Waals surface area contributed by atoms with Gasteiger partial charge in [0.15, 0.2) is 0 Å². The predicted octanol–water partition coefficient (Wildman–Crippen LogP) is 1.60. The molecule has 1 fully saturated rings. The summed E-state index contributed by atoms with van der Waals surface area (Å²) in [5, 5.41) is 5.59. The van der Waals surface area contributed by atoms with E-state index in [0.717, 1.165) is 26.1 Å². The molecule has 0 aliphatic carbocycles. The Labute approximate surface area is 138 Å². The van der Waals surface area contributed by atoms with Crippen molar-refractivity contribution >= 4 is 6.03 Å². The Kier molecular flexibility index (Phi) is 6.92. The van der Waals surface area contributed by atoms with Crippen molar-refractivity contribution in [1.82, 2.24) is 15.5 Å². The molecule has 1 aromatic rings. The van der Waals surface area contributed by atoms with Gasteiger partial charge in [-0.1, -0.05) is 43.2 Å². The molecular weight excluding hydrogens is 290 g/mol. The summed E-state index contributed by atoms with van der Waals surface area (Å²) in [6.07, 6.45) is 5.96. The number of terminal acetylenes is 1. The first-order chi connectivity index (χ1) is 11.2. The van der Waals surface area contributed by atoms with Crippen LogP contribution in [0.1, 0.15) is 18.9 Å². The number of hydrogen-bond acceptors (Lipinski definition) is 3. The molecule has 23 heavy (non-hydrogen) atoms. The monoisotopic (exact) mass is 315 g/mol. The number of nitrogens with zero attached hydrogens (tertiary/aromatic N) is 1. The van der Waals surface area contributed by atoms with Crippen LogP contribution in [0.2, 0.25) is 0 Å². The summed E-state index contributed by atoms with van der Waals surface area (Å²) < 4.78 is 5.88. The van der Waals surface area contributed by atoms with Gasteiger partial charge in [0, 0.05) is 19.6 Å². The fraction of sp³-hybridized carbons (Fsp3) is 0.500. The van der Waals surface area contributed by atoms with E-state index in [2.05, 4.69) is 45.7 Å². The molecular formula is C18H25N3O2. The van der Waals surface area contributed by atoms with Crippen molar-refractivity contribution < 1.29 is 9.53 Å². The Morgan fingerprint density at radius 3 is 2.96 bits per heavy atom. The smallest absolute Gasteiger partial charge is 0.315 e. The molecule has 1 aliphatic heterocycles. The maximum Gasteiger partial charge on any atom is 0.315 e. The van der Waals surface area contributed by atoms with Crippen LogP contribution in [0.15, 0.2) is 30.3 Å². The van der Waals surface area contributed by atoms with E-state index in [9.17, 15) is 4.79 Å². The van der Waals surface area contributed by atoms with Crippen molar-refractivity contribution in [2.45, 2.75) is 32.0 Å². The van der Waals surface area contributed by atoms with Gasteiger partial charge in [0.2, 0.25) is 0 Å². The molecule has 1 aromatic carbocycles. The first kappa shape index (κ1) is 17.3. The van der Waals surface area contributed by atoms with Crippen LogP contribution in [0.5, 0.6) is 0 Å². The highest BCUT2D eigenvalue weighted by Gasteiger charge is 2.28. The number of hydrogen-bond donors (Lipinski definition) is 2. The third-order valence-corrected chi connectivity index (χ3v) is 3.98. The van der Waals surface area contributed by atoms with Crippen LogP contribution in [-0.2, 0) is 11.3 Å². The Morgan fingerprint density at radius 2 is 2.26 bits per heavy atom. The molecule has 1 heterocycles. The van der Waals surface area contributed by atoms with E-state index in [1.54, 1.807) is 0 Å². The second-order valence-electron chi connectivity index (χ2n) is 5.68. The van der Waals surface area contributed by atoms with Crippen molar-refractivity contribution in [1.29, 1.82) is 0 Å². The Hall–Kier alpha value is -2.03. The second kappa shape index (κ2) is 9.19. The van der Waals surface area contributed by atoms with Crippen LogP contribution in [0.4, 0.5) is 4.79 Å². The number of benzene rings is 1. The Morgan fingerprint density at radius 1 is 1.48 bits per heavy atom. The second-order valence-corrected chi connectivity index (χ2v) is 5.68. The molecule has 1 aliphatic rings. The normalized spacial score (nSPS) is 19.6. The molecule has 0 unspecified atom stereocenters. The van der Waals surface area contributed by atoms with Gasteiger partial charge in [-0.2, -0.15) is 0 Å². The van der Waals surface area contributed by atoms with E-state index < -0.39 is 0 Å². The zero-order chi connectivity index (χ0) is 16.5. The predicted molar refractivity (Wildman–Crippen MR) is 90.9 cm³/mol. The van der Waals surface area contributed by atoms with Gasteiger partial charge in [-0.05, 0) is 12.0 Å². The molecule has 0 bridgehead atoms. The summed E-state index contributed by atoms with van der Waals surface area (Å²) >= 11 is 0. The number of amides is 2. The van der Waals surface area contributed by atoms with Gasteiger partial charge >= 0.3 is 6.03 Å². The maximum atomic E-state index is 11.8. The lowest BCUT2D eigenvalue weighted by atomic mass is 10.1. The first-order valence-corrected chi connectivity index (χ1v) is 8.08. The van der Waals surface area contributed by atoms with Crippen molar-refractivity contribution in [3.05, 3.63) is 35.9 Å². The van der Waals surface area contributed by atoms with Gasteiger partial charge in [-0.25, -0.2) is 4.79 Å². The lowest BCUT2D eigenvalue weighted by molar-refractivity contribution is -0.0476. The number of ether oxygens (including phenoxy) is 1. The van der Waals surface area contributed by atoms with Crippen LogP contribution in [0.25, 0.3) is 0 Å². The van der Waals surface area contributed by atoms with Crippen molar-refractivity contribution in [2.24, 2.45) is 0 Å². The number of rotatable bonds is 6. The quantitative estimate of drug-likeness (QED) is 0.784. The molecule has 2 amide bonds. The average Bonchev–Trinajstić information content (AvgIpc) is 2.59. The minimum atomic E-state index is -0.237. The summed E-state index contributed by atoms with van der Waals surface area (Å²) in [5.41, 5.74) is 1.29. The van der Waals surface area contributed by atoms with E-state index in [4.69, 9.17) is 11.2 Å². The van der Waals surface area contributed by atoms with Gasteiger partial charge in [0.05, 0.1) is 25.3 Å². The van der Waals surface area contributed by atoms with E-state index in [1.807, 2.05) is 13.0 Å². The molecule has 0 saturated carbocycles. The van der Waals surface area contributed by atoms with Crippen molar-refractivity contribution in [3.63, 3.8) is 0 Å². The van der Waals surface area contributed by atoms with E-state index in [1.165, 1.54) is 5.56 Å². The fourth-order valence-corrected chi connectivity index (χ4v) is 2.77. The Bertz CT molecular complexity index is 527. The molecule has 0 radical (unpaired) electrons. The summed E-state index contributed by atoms with van der Waals surface area (Å²) in [6, 6.07) is 10.1. The summed E-state index contributed by atoms with van der Waals surface area (Å²) in [5.74, 6) is 2.39. The largest absolute Gasteiger partial charge is 0.373 e. The van der Waals surface area contributed by atoms with Gasteiger partial charge in [-0.15, -0.1) is 6.42 Å². The van der Waals surface area contributed by atoms with Crippen LogP contribution >= 0.6 is 0 Å². The van der Waals surface area contributed by atoms with E-state index in [-0.39, 0.29) is 24.7 Å². The van der Waals surface area contributed by atoms with Crippen molar-refractivity contribution in [3.8, 4) is 12.3 Å². The molecule has 1 saturated heterocycles. The number of morpholine rings is 1. The zero-order valence-corrected chi connectivity index (χ0v) is 13.6. The highest BCUT2D eigenvalue weighted by atomic mass is 16.5. The van der Waals surface area contributed by atoms with Crippen molar-refractivity contribution in [2.75, 3.05) is 26.2 Å². The fourth-order valence-electron chi connectivity index (χ4n) is 2.77. The average molecular weight is 315 g/mol. The van der Waals surface area contributed by atoms with Gasteiger partial charge < -0.3 is 15.4 Å². The number of carbonyl (C=O) groups excluding carboxylic acids is 1. The topological polar surface area (TPSA) is 53.6 Å². The minimum absolute atomic E-state index is 0.00551. The molecule has 2 N–H and O–H groups in total. The summed E-state index contributed by atoms with van der Waals surface area (Å²) in [7, 11) is 0. The van der Waals surface area contributed by atoms with Gasteiger partial charge in [-0.3, -0.25) is 4.90 Å². The number of urea groups is 1. The third kappa shape index (κ3) is 5.59. The maximum absolute atomic E-state index is 11.8. The van der Waals surface area contributed by atoms with Gasteiger partial charge in [0.1, 0.15) is 0 Å². The lowest BCUT2D eigenvalue weighted by Gasteiger charge is -2.37. The molecule has 2 atom stereocenters. The molecule has 0 spiro atoms. The summed E-state index contributed by atoms with van der Waals surface area (Å²) in [4.78, 5) is 14.2. The van der Waals surface area contributed by atoms with Gasteiger partial charge in [0.25, 0.3) is 0 Å². The first-order valence-electron chi connectivity index (χ1n) is 8.08. The van der Waals surface area contributed by atoms with Crippen LogP contribution in [-0.4, -0.2) is 49.3 Å². The SMILES string of the molecule is C#CCNC(=O)N[C@H](CC)[C@H]1CN(Cc2ccccc2)CCO1. The highest BCUT2D eigenvalue weighted by Crippen LogP contribution is 2.14. The van der Waals surface area contributed by atoms with E-state index in [0.29, 0.717) is 6.61 Å². The molecule has 124 valence electrons. The minimum Gasteiger partial charge on any atom is -0.373 e. The highest BCUT2D eigenvalue weighted by molar-refractivity contribution is 5.74. The molecule has 5 heteroatoms. The molecule has 0 aromatic heterocycles. The van der Waals surface area contributed by atoms with Crippen LogP contribution in [0.3, 0.4) is 0 Å². The standard InChI is InChI=1S/C18H25N3O2/c1-3-10-19-18(22)20-16(4-2)17-14-21(11-12-23-17)13-15-8-6-5-7-9-15/h1,5-9,16-17H,4,10-14H2,2H3,(H2,19,20,22)/t16-,17-/m1/s1. The van der Waals surface area contributed by atoms with Crippen LogP contribution < -0.4 is 10.6 Å². The number of carbonyl (C=O) groups is 1.